The minimum Gasteiger partial charge on any atom is -0.380 e. The van der Waals surface area contributed by atoms with Crippen molar-refractivity contribution in [3.63, 3.8) is 0 Å². The number of aryl methyl sites for hydroxylation is 1. The first kappa shape index (κ1) is 14.2. The Kier molecular flexibility index (Phi) is 4.71. The lowest BCUT2D eigenvalue weighted by atomic mass is 9.89. The number of hydrogen-bond donors (Lipinski definition) is 1. The second kappa shape index (κ2) is 5.65. The van der Waals surface area contributed by atoms with E-state index in [2.05, 4.69) is 44.3 Å². The van der Waals surface area contributed by atoms with Crippen LogP contribution in [-0.4, -0.2) is 29.5 Å². The van der Waals surface area contributed by atoms with E-state index in [9.17, 15) is 0 Å². The molecule has 0 aliphatic carbocycles. The maximum absolute atomic E-state index is 5.21. The summed E-state index contributed by atoms with van der Waals surface area (Å²) < 4.78 is 7.09. The molecule has 0 saturated heterocycles. The number of rotatable bonds is 5. The van der Waals surface area contributed by atoms with Gasteiger partial charge in [0, 0.05) is 44.4 Å². The molecule has 0 amide bonds. The maximum Gasteiger partial charge on any atom is 0.0722 e. The maximum atomic E-state index is 5.21. The molecular formula is C13H25N3O. The van der Waals surface area contributed by atoms with Crippen molar-refractivity contribution in [3.8, 4) is 0 Å². The first-order valence-electron chi connectivity index (χ1n) is 6.11. The molecule has 98 valence electrons. The Balaban J connectivity index is 2.65. The Labute approximate surface area is 104 Å². The highest BCUT2D eigenvalue weighted by Gasteiger charge is 2.21. The van der Waals surface area contributed by atoms with Gasteiger partial charge < -0.3 is 10.1 Å². The largest absolute Gasteiger partial charge is 0.380 e. The van der Waals surface area contributed by atoms with Crippen molar-refractivity contribution in [2.24, 2.45) is 7.05 Å². The summed E-state index contributed by atoms with van der Waals surface area (Å²) in [6.45, 7) is 10.3. The third-order valence-electron chi connectivity index (χ3n) is 2.76. The lowest BCUT2D eigenvalue weighted by Gasteiger charge is -2.18. The quantitative estimate of drug-likeness (QED) is 0.852. The van der Waals surface area contributed by atoms with E-state index < -0.39 is 0 Å². The molecule has 0 aliphatic heterocycles. The molecule has 4 nitrogen and oxygen atoms in total. The van der Waals surface area contributed by atoms with Crippen molar-refractivity contribution in [1.29, 1.82) is 0 Å². The molecule has 0 spiro atoms. The lowest BCUT2D eigenvalue weighted by Crippen LogP contribution is -2.26. The Morgan fingerprint density at radius 3 is 2.65 bits per heavy atom. The van der Waals surface area contributed by atoms with Crippen molar-refractivity contribution < 1.29 is 4.74 Å². The second-order valence-electron chi connectivity index (χ2n) is 5.60. The minimum atomic E-state index is 0.0884. The van der Waals surface area contributed by atoms with Gasteiger partial charge in [-0.3, -0.25) is 4.68 Å². The summed E-state index contributed by atoms with van der Waals surface area (Å²) in [4.78, 5) is 0. The first-order valence-corrected chi connectivity index (χ1v) is 6.11. The van der Waals surface area contributed by atoms with E-state index >= 15 is 0 Å². The molecular weight excluding hydrogens is 214 g/mol. The zero-order chi connectivity index (χ0) is 13.1. The van der Waals surface area contributed by atoms with Gasteiger partial charge in [0.05, 0.1) is 11.8 Å². The van der Waals surface area contributed by atoms with Gasteiger partial charge in [0.2, 0.25) is 0 Å². The minimum absolute atomic E-state index is 0.0884. The SMILES string of the molecule is COC(C)CNCc1cn(C)nc1C(C)(C)C. The van der Waals surface area contributed by atoms with Gasteiger partial charge in [0.1, 0.15) is 0 Å². The van der Waals surface area contributed by atoms with Crippen molar-refractivity contribution in [2.75, 3.05) is 13.7 Å². The van der Waals surface area contributed by atoms with Crippen LogP contribution in [0.2, 0.25) is 0 Å². The molecule has 0 fully saturated rings. The number of aromatic nitrogens is 2. The van der Waals surface area contributed by atoms with Crippen LogP contribution in [0.1, 0.15) is 39.0 Å². The van der Waals surface area contributed by atoms with Crippen LogP contribution in [0.3, 0.4) is 0 Å². The zero-order valence-electron chi connectivity index (χ0n) is 11.9. The van der Waals surface area contributed by atoms with Gasteiger partial charge in [-0.1, -0.05) is 20.8 Å². The Morgan fingerprint density at radius 1 is 1.47 bits per heavy atom. The second-order valence-corrected chi connectivity index (χ2v) is 5.60. The van der Waals surface area contributed by atoms with Gasteiger partial charge in [0.25, 0.3) is 0 Å². The van der Waals surface area contributed by atoms with Crippen LogP contribution in [-0.2, 0) is 23.7 Å². The lowest BCUT2D eigenvalue weighted by molar-refractivity contribution is 0.117. The van der Waals surface area contributed by atoms with Gasteiger partial charge >= 0.3 is 0 Å². The summed E-state index contributed by atoms with van der Waals surface area (Å²) in [7, 11) is 3.70. The molecule has 0 aliphatic rings. The molecule has 1 N–H and O–H groups in total. The third kappa shape index (κ3) is 4.13. The Morgan fingerprint density at radius 2 is 2.12 bits per heavy atom. The molecule has 1 aromatic heterocycles. The molecule has 1 rings (SSSR count). The zero-order valence-corrected chi connectivity index (χ0v) is 11.9. The third-order valence-corrected chi connectivity index (χ3v) is 2.76. The Hall–Kier alpha value is -0.870. The van der Waals surface area contributed by atoms with Crippen LogP contribution in [0.15, 0.2) is 6.20 Å². The summed E-state index contributed by atoms with van der Waals surface area (Å²) in [6, 6.07) is 0. The molecule has 0 bridgehead atoms. The van der Waals surface area contributed by atoms with E-state index in [0.29, 0.717) is 0 Å². The van der Waals surface area contributed by atoms with E-state index in [1.54, 1.807) is 7.11 Å². The number of hydrogen-bond acceptors (Lipinski definition) is 3. The van der Waals surface area contributed by atoms with Crippen molar-refractivity contribution in [2.45, 2.75) is 45.8 Å². The van der Waals surface area contributed by atoms with Crippen LogP contribution in [0.5, 0.6) is 0 Å². The highest BCUT2D eigenvalue weighted by molar-refractivity contribution is 5.23. The van der Waals surface area contributed by atoms with E-state index in [1.807, 2.05) is 11.7 Å². The van der Waals surface area contributed by atoms with Crippen LogP contribution < -0.4 is 5.32 Å². The number of nitrogens with zero attached hydrogens (tertiary/aromatic N) is 2. The van der Waals surface area contributed by atoms with E-state index in [4.69, 9.17) is 4.74 Å². The Bertz CT molecular complexity index is 352. The van der Waals surface area contributed by atoms with Crippen LogP contribution in [0.25, 0.3) is 0 Å². The fraction of sp³-hybridized carbons (Fsp3) is 0.769. The van der Waals surface area contributed by atoms with Gasteiger partial charge in [-0.25, -0.2) is 0 Å². The molecule has 0 aromatic carbocycles. The van der Waals surface area contributed by atoms with Crippen molar-refractivity contribution in [3.05, 3.63) is 17.5 Å². The first-order chi connectivity index (χ1) is 7.84. The number of ether oxygens (including phenoxy) is 1. The van der Waals surface area contributed by atoms with Crippen LogP contribution >= 0.6 is 0 Å². The van der Waals surface area contributed by atoms with E-state index in [1.165, 1.54) is 5.56 Å². The predicted octanol–water partition coefficient (Wildman–Crippen LogP) is 1.84. The molecule has 1 atom stereocenters. The fourth-order valence-corrected chi connectivity index (χ4v) is 1.79. The topological polar surface area (TPSA) is 39.1 Å². The van der Waals surface area contributed by atoms with Crippen molar-refractivity contribution >= 4 is 0 Å². The number of nitrogens with one attached hydrogen (secondary N) is 1. The monoisotopic (exact) mass is 239 g/mol. The molecule has 1 aromatic rings. The summed E-state index contributed by atoms with van der Waals surface area (Å²) in [5.74, 6) is 0. The number of methoxy groups -OCH3 is 1. The summed E-state index contributed by atoms with van der Waals surface area (Å²) in [6.07, 6.45) is 2.33. The molecule has 4 heteroatoms. The molecule has 0 saturated carbocycles. The summed E-state index contributed by atoms with van der Waals surface area (Å²) in [5.41, 5.74) is 2.52. The average molecular weight is 239 g/mol. The molecule has 17 heavy (non-hydrogen) atoms. The highest BCUT2D eigenvalue weighted by Crippen LogP contribution is 2.23. The van der Waals surface area contributed by atoms with Gasteiger partial charge in [0.15, 0.2) is 0 Å². The van der Waals surface area contributed by atoms with E-state index in [0.717, 1.165) is 18.8 Å². The normalized spacial score (nSPS) is 14.0. The van der Waals surface area contributed by atoms with Gasteiger partial charge in [-0.15, -0.1) is 0 Å². The molecule has 0 radical (unpaired) electrons. The van der Waals surface area contributed by atoms with Crippen LogP contribution in [0.4, 0.5) is 0 Å². The fourth-order valence-electron chi connectivity index (χ4n) is 1.79. The molecule has 1 unspecified atom stereocenters. The summed E-state index contributed by atoms with van der Waals surface area (Å²) >= 11 is 0. The van der Waals surface area contributed by atoms with Gasteiger partial charge in [-0.05, 0) is 6.92 Å². The predicted molar refractivity (Wildman–Crippen MR) is 70.1 cm³/mol. The standard InChI is InChI=1S/C13H25N3O/c1-10(17-6)7-14-8-11-9-16(5)15-12(11)13(2,3)4/h9-10,14H,7-8H2,1-6H3. The van der Waals surface area contributed by atoms with Crippen LogP contribution in [0, 0.1) is 0 Å². The highest BCUT2D eigenvalue weighted by atomic mass is 16.5. The molecule has 1 heterocycles. The summed E-state index contributed by atoms with van der Waals surface area (Å²) in [5, 5.41) is 7.95. The van der Waals surface area contributed by atoms with Crippen molar-refractivity contribution in [1.82, 2.24) is 15.1 Å². The van der Waals surface area contributed by atoms with Gasteiger partial charge in [-0.2, -0.15) is 5.10 Å². The van der Waals surface area contributed by atoms with E-state index in [-0.39, 0.29) is 11.5 Å². The average Bonchev–Trinajstić information content (AvgIpc) is 2.59. The smallest absolute Gasteiger partial charge is 0.0722 e.